The van der Waals surface area contributed by atoms with Gasteiger partial charge in [-0.25, -0.2) is 0 Å². The highest BCUT2D eigenvalue weighted by molar-refractivity contribution is 5.94. The van der Waals surface area contributed by atoms with Crippen LogP contribution in [0, 0.1) is 0 Å². The van der Waals surface area contributed by atoms with Crippen LogP contribution in [-0.2, 0) is 14.3 Å². The number of hydrogen-bond donors (Lipinski definition) is 0. The third-order valence-corrected chi connectivity index (χ3v) is 2.31. The van der Waals surface area contributed by atoms with Crippen LogP contribution < -0.4 is 0 Å². The molecule has 0 bridgehead atoms. The van der Waals surface area contributed by atoms with Crippen LogP contribution in [-0.4, -0.2) is 17.4 Å². The number of carbonyl (C=O) groups is 1. The van der Waals surface area contributed by atoms with Crippen LogP contribution in [0.15, 0.2) is 0 Å². The Morgan fingerprint density at radius 3 is 2.78 bits per heavy atom. The highest BCUT2D eigenvalue weighted by atomic mass is 17.0. The fourth-order valence-corrected chi connectivity index (χ4v) is 1.66. The van der Waals surface area contributed by atoms with E-state index in [1.165, 1.54) is 0 Å². The fraction of sp³-hybridized carbons (Fsp3) is 0.833. The quantitative estimate of drug-likeness (QED) is 0.435. The van der Waals surface area contributed by atoms with Crippen molar-refractivity contribution in [2.45, 2.75) is 30.8 Å². The van der Waals surface area contributed by atoms with E-state index in [-0.39, 0.29) is 11.6 Å². The van der Waals surface area contributed by atoms with Crippen molar-refractivity contribution in [3.63, 3.8) is 0 Å². The van der Waals surface area contributed by atoms with Crippen molar-refractivity contribution < 1.29 is 14.3 Å². The van der Waals surface area contributed by atoms with E-state index in [4.69, 9.17) is 9.47 Å². The molecule has 0 radical (unpaired) electrons. The Balaban J connectivity index is 2.05. The third kappa shape index (κ3) is 0.271. The second kappa shape index (κ2) is 0.859. The Morgan fingerprint density at radius 2 is 2.22 bits per heavy atom. The summed E-state index contributed by atoms with van der Waals surface area (Å²) in [5.41, 5.74) is 0. The minimum absolute atomic E-state index is 0.147. The Morgan fingerprint density at radius 1 is 1.44 bits per heavy atom. The molecule has 9 heavy (non-hydrogen) atoms. The second-order valence-corrected chi connectivity index (χ2v) is 2.85. The highest BCUT2D eigenvalue weighted by Crippen LogP contribution is 2.72. The molecular weight excluding hydrogens is 120 g/mol. The van der Waals surface area contributed by atoms with Crippen molar-refractivity contribution in [1.82, 2.24) is 0 Å². The molecule has 2 heterocycles. The number of carbonyl (C=O) groups excluding carboxylic acids is 1. The van der Waals surface area contributed by atoms with Gasteiger partial charge in [0.15, 0.2) is 5.78 Å². The molecule has 3 aliphatic rings. The van der Waals surface area contributed by atoms with E-state index in [1.54, 1.807) is 0 Å². The summed E-state index contributed by atoms with van der Waals surface area (Å²) in [5, 5.41) is 0. The van der Waals surface area contributed by atoms with Gasteiger partial charge in [0.05, 0.1) is 0 Å². The molecule has 0 amide bonds. The zero-order chi connectivity index (χ0) is 6.11. The monoisotopic (exact) mass is 126 g/mol. The van der Waals surface area contributed by atoms with Gasteiger partial charge in [0.2, 0.25) is 5.79 Å². The van der Waals surface area contributed by atoms with Crippen LogP contribution in [0.5, 0.6) is 0 Å². The molecule has 3 nitrogen and oxygen atoms in total. The molecule has 0 spiro atoms. The number of ether oxygens (including phenoxy) is 2. The maximum absolute atomic E-state index is 10.9. The lowest BCUT2D eigenvalue weighted by Crippen LogP contribution is -2.16. The lowest BCUT2D eigenvalue weighted by molar-refractivity contribution is -0.143. The molecule has 0 atom stereocenters. The Kier molecular flexibility index (Phi) is 0.421. The molecule has 3 heteroatoms. The van der Waals surface area contributed by atoms with E-state index in [9.17, 15) is 4.79 Å². The number of ketones is 1. The minimum atomic E-state index is -0.689. The average molecular weight is 126 g/mol. The van der Waals surface area contributed by atoms with Crippen LogP contribution in [0.2, 0.25) is 0 Å². The summed E-state index contributed by atoms with van der Waals surface area (Å²) in [5.74, 6) is -0.929. The van der Waals surface area contributed by atoms with E-state index in [2.05, 4.69) is 0 Å². The Labute approximate surface area is 51.9 Å². The van der Waals surface area contributed by atoms with Crippen LogP contribution in [0.4, 0.5) is 0 Å². The van der Waals surface area contributed by atoms with Gasteiger partial charge in [0.25, 0.3) is 5.79 Å². The summed E-state index contributed by atoms with van der Waals surface area (Å²) in [7, 11) is 0. The SMILES string of the molecule is O=C1CCCC23OC12O3. The van der Waals surface area contributed by atoms with E-state index < -0.39 is 5.79 Å². The molecule has 2 aliphatic heterocycles. The van der Waals surface area contributed by atoms with Crippen molar-refractivity contribution in [3.8, 4) is 0 Å². The summed E-state index contributed by atoms with van der Waals surface area (Å²) in [6, 6.07) is 0. The fourth-order valence-electron chi connectivity index (χ4n) is 1.66. The van der Waals surface area contributed by atoms with Crippen molar-refractivity contribution in [2.24, 2.45) is 0 Å². The second-order valence-electron chi connectivity index (χ2n) is 2.85. The normalized spacial score (nSPS) is 60.2. The standard InChI is InChI=1S/C6H6O3/c7-4-2-1-3-5-6(4,8-5)9-5/h1-3H2. The maximum atomic E-state index is 10.9. The lowest BCUT2D eigenvalue weighted by Gasteiger charge is -1.95. The molecule has 0 aromatic rings. The average Bonchev–Trinajstić information content (AvgIpc) is 2.49. The first-order valence-electron chi connectivity index (χ1n) is 3.23. The van der Waals surface area contributed by atoms with Crippen molar-refractivity contribution in [3.05, 3.63) is 0 Å². The van der Waals surface area contributed by atoms with Crippen LogP contribution in [0.1, 0.15) is 19.3 Å². The first-order chi connectivity index (χ1) is 4.29. The molecule has 3 fully saturated rings. The topological polar surface area (TPSA) is 42.1 Å². The third-order valence-electron chi connectivity index (χ3n) is 2.31. The van der Waals surface area contributed by atoms with Gasteiger partial charge in [0, 0.05) is 12.8 Å². The van der Waals surface area contributed by atoms with Crippen molar-refractivity contribution >= 4 is 5.78 Å². The molecule has 1 aliphatic carbocycles. The number of rotatable bonds is 0. The number of epoxide rings is 2. The van der Waals surface area contributed by atoms with E-state index in [0.717, 1.165) is 12.8 Å². The van der Waals surface area contributed by atoms with Gasteiger partial charge >= 0.3 is 0 Å². The van der Waals surface area contributed by atoms with Crippen LogP contribution >= 0.6 is 0 Å². The van der Waals surface area contributed by atoms with Gasteiger partial charge in [-0.15, -0.1) is 0 Å². The first kappa shape index (κ1) is 4.41. The molecule has 2 saturated heterocycles. The van der Waals surface area contributed by atoms with Crippen molar-refractivity contribution in [1.29, 1.82) is 0 Å². The van der Waals surface area contributed by atoms with Gasteiger partial charge in [-0.2, -0.15) is 0 Å². The molecule has 3 rings (SSSR count). The van der Waals surface area contributed by atoms with E-state index >= 15 is 0 Å². The summed E-state index contributed by atoms with van der Waals surface area (Å²) in [6.07, 6.45) is 2.49. The van der Waals surface area contributed by atoms with Crippen LogP contribution in [0.3, 0.4) is 0 Å². The maximum Gasteiger partial charge on any atom is 0.290 e. The minimum Gasteiger partial charge on any atom is -0.300 e. The lowest BCUT2D eigenvalue weighted by atomic mass is 10.00. The van der Waals surface area contributed by atoms with Gasteiger partial charge in [-0.3, -0.25) is 4.79 Å². The molecular formula is C6H6O3. The summed E-state index contributed by atoms with van der Waals surface area (Å²) < 4.78 is 10.2. The van der Waals surface area contributed by atoms with E-state index in [1.807, 2.05) is 0 Å². The Hall–Kier alpha value is -0.410. The molecule has 1 saturated carbocycles. The molecule has 48 valence electrons. The molecule has 0 aromatic heterocycles. The molecule has 0 unspecified atom stereocenters. The predicted octanol–water partition coefficient (Wildman–Crippen LogP) is 0.192. The first-order valence-corrected chi connectivity index (χ1v) is 3.23. The smallest absolute Gasteiger partial charge is 0.290 e. The van der Waals surface area contributed by atoms with Crippen molar-refractivity contribution in [2.75, 3.05) is 0 Å². The molecule has 0 aromatic carbocycles. The van der Waals surface area contributed by atoms with Crippen LogP contribution in [0.25, 0.3) is 0 Å². The predicted molar refractivity (Wildman–Crippen MR) is 26.5 cm³/mol. The summed E-state index contributed by atoms with van der Waals surface area (Å²) in [6.45, 7) is 0. The number of hydrogen-bond acceptors (Lipinski definition) is 3. The van der Waals surface area contributed by atoms with E-state index in [0.29, 0.717) is 6.42 Å². The van der Waals surface area contributed by atoms with Gasteiger partial charge in [-0.1, -0.05) is 0 Å². The number of Topliss-reactive ketones (excluding diaryl/α,β-unsaturated/α-hetero) is 1. The van der Waals surface area contributed by atoms with Gasteiger partial charge < -0.3 is 9.47 Å². The highest BCUT2D eigenvalue weighted by Gasteiger charge is 2.95. The zero-order valence-corrected chi connectivity index (χ0v) is 4.85. The van der Waals surface area contributed by atoms with Gasteiger partial charge in [-0.05, 0) is 6.42 Å². The molecule has 0 N–H and O–H groups in total. The zero-order valence-electron chi connectivity index (χ0n) is 4.85. The summed E-state index contributed by atoms with van der Waals surface area (Å²) in [4.78, 5) is 10.9. The Bertz CT molecular complexity index is 202. The largest absolute Gasteiger partial charge is 0.300 e. The van der Waals surface area contributed by atoms with Gasteiger partial charge in [0.1, 0.15) is 0 Å². The summed E-state index contributed by atoms with van der Waals surface area (Å²) >= 11 is 0.